The molecule has 1 heterocycles. The monoisotopic (exact) mass is 280 g/mol. The molecular weight excluding hydrogens is 256 g/mol. The Balaban J connectivity index is 1.95. The van der Waals surface area contributed by atoms with E-state index in [1.165, 1.54) is 19.3 Å². The number of aliphatic hydroxyl groups excluding tert-OH is 1. The summed E-state index contributed by atoms with van der Waals surface area (Å²) >= 11 is 0. The first kappa shape index (κ1) is 14.8. The average molecular weight is 280 g/mol. The third kappa shape index (κ3) is 3.50. The van der Waals surface area contributed by atoms with Crippen LogP contribution in [0.5, 0.6) is 0 Å². The molecule has 6 heteroatoms. The molecule has 0 saturated heterocycles. The van der Waals surface area contributed by atoms with E-state index in [0.717, 1.165) is 12.8 Å². The topological polar surface area (TPSA) is 79.2 Å². The van der Waals surface area contributed by atoms with Gasteiger partial charge in [0.1, 0.15) is 0 Å². The molecule has 0 aromatic carbocycles. The number of amides is 2. The summed E-state index contributed by atoms with van der Waals surface area (Å²) in [6, 6.07) is 1.42. The van der Waals surface area contributed by atoms with Crippen molar-refractivity contribution in [3.05, 3.63) is 12.3 Å². The lowest BCUT2D eigenvalue weighted by atomic mass is 9.76. The normalized spacial score (nSPS) is 19.4. The maximum atomic E-state index is 12.1. The van der Waals surface area contributed by atoms with Gasteiger partial charge in [-0.3, -0.25) is 10.00 Å². The Morgan fingerprint density at radius 3 is 2.75 bits per heavy atom. The van der Waals surface area contributed by atoms with Crippen LogP contribution in [0.1, 0.15) is 39.0 Å². The van der Waals surface area contributed by atoms with E-state index in [-0.39, 0.29) is 12.6 Å². The number of carbonyl (C=O) groups excluding carboxylic acids is 1. The SMILES string of the molecule is Cn1ccc(NC(=O)NC(C)(CO)C2CCCCC2)n1. The van der Waals surface area contributed by atoms with Gasteiger partial charge in [-0.05, 0) is 25.7 Å². The Bertz CT molecular complexity index is 454. The number of hydrogen-bond donors (Lipinski definition) is 3. The van der Waals surface area contributed by atoms with Gasteiger partial charge in [0.2, 0.25) is 0 Å². The summed E-state index contributed by atoms with van der Waals surface area (Å²) in [4.78, 5) is 12.1. The second kappa shape index (κ2) is 6.26. The zero-order valence-corrected chi connectivity index (χ0v) is 12.2. The van der Waals surface area contributed by atoms with Crippen LogP contribution in [0.2, 0.25) is 0 Å². The number of nitrogens with zero attached hydrogens (tertiary/aromatic N) is 2. The van der Waals surface area contributed by atoms with Crippen molar-refractivity contribution in [1.29, 1.82) is 0 Å². The molecule has 0 bridgehead atoms. The van der Waals surface area contributed by atoms with Crippen LogP contribution in [0.15, 0.2) is 12.3 Å². The van der Waals surface area contributed by atoms with Crippen LogP contribution in [-0.2, 0) is 7.05 Å². The van der Waals surface area contributed by atoms with Gasteiger partial charge in [0.05, 0.1) is 12.1 Å². The first-order chi connectivity index (χ1) is 9.53. The molecule has 1 aromatic rings. The molecule has 2 rings (SSSR count). The van der Waals surface area contributed by atoms with Crippen molar-refractivity contribution in [2.24, 2.45) is 13.0 Å². The summed E-state index contributed by atoms with van der Waals surface area (Å²) in [6.45, 7) is 1.87. The van der Waals surface area contributed by atoms with E-state index in [0.29, 0.717) is 11.7 Å². The Hall–Kier alpha value is -1.56. The summed E-state index contributed by atoms with van der Waals surface area (Å²) in [5, 5.41) is 19.4. The maximum Gasteiger partial charge on any atom is 0.320 e. The second-order valence-electron chi connectivity index (χ2n) is 5.86. The highest BCUT2D eigenvalue weighted by atomic mass is 16.3. The molecule has 1 unspecified atom stereocenters. The summed E-state index contributed by atoms with van der Waals surface area (Å²) in [7, 11) is 1.79. The van der Waals surface area contributed by atoms with E-state index in [2.05, 4.69) is 15.7 Å². The molecule has 1 saturated carbocycles. The highest BCUT2D eigenvalue weighted by Crippen LogP contribution is 2.32. The molecule has 0 radical (unpaired) electrons. The average Bonchev–Trinajstić information content (AvgIpc) is 2.84. The molecular formula is C14H24N4O2. The fourth-order valence-corrected chi connectivity index (χ4v) is 2.90. The van der Waals surface area contributed by atoms with Crippen LogP contribution in [0, 0.1) is 5.92 Å². The van der Waals surface area contributed by atoms with Crippen molar-refractivity contribution in [1.82, 2.24) is 15.1 Å². The van der Waals surface area contributed by atoms with E-state index < -0.39 is 5.54 Å². The number of carbonyl (C=O) groups is 1. The Labute approximate surface area is 119 Å². The molecule has 1 atom stereocenters. The lowest BCUT2D eigenvalue weighted by molar-refractivity contribution is 0.103. The lowest BCUT2D eigenvalue weighted by Crippen LogP contribution is -2.55. The predicted octanol–water partition coefficient (Wildman–Crippen LogP) is 1.87. The number of anilines is 1. The van der Waals surface area contributed by atoms with Crippen LogP contribution in [0.25, 0.3) is 0 Å². The number of hydrogen-bond acceptors (Lipinski definition) is 3. The van der Waals surface area contributed by atoms with Gasteiger partial charge in [-0.2, -0.15) is 5.10 Å². The van der Waals surface area contributed by atoms with Crippen molar-refractivity contribution in [3.8, 4) is 0 Å². The van der Waals surface area contributed by atoms with E-state index in [4.69, 9.17) is 0 Å². The van der Waals surface area contributed by atoms with E-state index >= 15 is 0 Å². The number of aryl methyl sites for hydroxylation is 1. The fourth-order valence-electron chi connectivity index (χ4n) is 2.90. The minimum Gasteiger partial charge on any atom is -0.394 e. The van der Waals surface area contributed by atoms with Crippen molar-refractivity contribution < 1.29 is 9.90 Å². The van der Waals surface area contributed by atoms with Crippen LogP contribution in [0.3, 0.4) is 0 Å². The van der Waals surface area contributed by atoms with Crippen LogP contribution < -0.4 is 10.6 Å². The number of aromatic nitrogens is 2. The molecule has 3 N–H and O–H groups in total. The quantitative estimate of drug-likeness (QED) is 0.787. The molecule has 0 aliphatic heterocycles. The standard InChI is InChI=1S/C14H24N4O2/c1-14(10-19,11-6-4-3-5-7-11)16-13(20)15-12-8-9-18(2)17-12/h8-9,11,19H,3-7,10H2,1-2H3,(H2,15,16,17,20). The summed E-state index contributed by atoms with van der Waals surface area (Å²) in [5.74, 6) is 0.838. The zero-order chi connectivity index (χ0) is 14.6. The first-order valence-corrected chi connectivity index (χ1v) is 7.23. The molecule has 20 heavy (non-hydrogen) atoms. The maximum absolute atomic E-state index is 12.1. The third-order valence-corrected chi connectivity index (χ3v) is 4.19. The minimum absolute atomic E-state index is 0.0483. The molecule has 1 fully saturated rings. The Kier molecular flexibility index (Phi) is 4.65. The van der Waals surface area contributed by atoms with Crippen molar-refractivity contribution in [3.63, 3.8) is 0 Å². The van der Waals surface area contributed by atoms with Gasteiger partial charge in [-0.1, -0.05) is 19.3 Å². The number of aliphatic hydroxyl groups is 1. The van der Waals surface area contributed by atoms with Gasteiger partial charge in [-0.25, -0.2) is 4.79 Å². The van der Waals surface area contributed by atoms with Crippen LogP contribution in [-0.4, -0.2) is 33.1 Å². The van der Waals surface area contributed by atoms with Crippen LogP contribution in [0.4, 0.5) is 10.6 Å². The highest BCUT2D eigenvalue weighted by Gasteiger charge is 2.35. The largest absolute Gasteiger partial charge is 0.394 e. The summed E-state index contributed by atoms with van der Waals surface area (Å²) in [6.07, 6.45) is 7.47. The van der Waals surface area contributed by atoms with E-state index in [1.54, 1.807) is 24.0 Å². The number of urea groups is 1. The molecule has 0 spiro atoms. The molecule has 1 aliphatic rings. The van der Waals surface area contributed by atoms with Crippen molar-refractivity contribution in [2.75, 3.05) is 11.9 Å². The first-order valence-electron chi connectivity index (χ1n) is 7.23. The van der Waals surface area contributed by atoms with E-state index in [9.17, 15) is 9.90 Å². The Morgan fingerprint density at radius 1 is 1.50 bits per heavy atom. The molecule has 112 valence electrons. The molecule has 1 aliphatic carbocycles. The smallest absolute Gasteiger partial charge is 0.320 e. The number of nitrogens with one attached hydrogen (secondary N) is 2. The fraction of sp³-hybridized carbons (Fsp3) is 0.714. The molecule has 1 aromatic heterocycles. The van der Waals surface area contributed by atoms with Gasteiger partial charge in [0.25, 0.3) is 0 Å². The molecule has 6 nitrogen and oxygen atoms in total. The Morgan fingerprint density at radius 2 is 2.20 bits per heavy atom. The zero-order valence-electron chi connectivity index (χ0n) is 12.2. The van der Waals surface area contributed by atoms with Gasteiger partial charge < -0.3 is 10.4 Å². The lowest BCUT2D eigenvalue weighted by Gasteiger charge is -2.39. The van der Waals surface area contributed by atoms with Crippen molar-refractivity contribution in [2.45, 2.75) is 44.6 Å². The third-order valence-electron chi connectivity index (χ3n) is 4.19. The van der Waals surface area contributed by atoms with Gasteiger partial charge in [0, 0.05) is 19.3 Å². The summed E-state index contributed by atoms with van der Waals surface area (Å²) in [5.41, 5.74) is -0.570. The van der Waals surface area contributed by atoms with Gasteiger partial charge in [-0.15, -0.1) is 0 Å². The highest BCUT2D eigenvalue weighted by molar-refractivity contribution is 5.88. The second-order valence-corrected chi connectivity index (χ2v) is 5.86. The minimum atomic E-state index is -0.570. The van der Waals surface area contributed by atoms with Gasteiger partial charge >= 0.3 is 6.03 Å². The van der Waals surface area contributed by atoms with Crippen molar-refractivity contribution >= 4 is 11.8 Å². The van der Waals surface area contributed by atoms with Crippen LogP contribution >= 0.6 is 0 Å². The van der Waals surface area contributed by atoms with Gasteiger partial charge in [0.15, 0.2) is 5.82 Å². The predicted molar refractivity (Wildman–Crippen MR) is 77.4 cm³/mol. The molecule has 2 amide bonds. The number of rotatable bonds is 4. The van der Waals surface area contributed by atoms with E-state index in [1.807, 2.05) is 6.92 Å². The summed E-state index contributed by atoms with van der Waals surface area (Å²) < 4.78 is 1.63.